The second-order valence-corrected chi connectivity index (χ2v) is 7.01. The van der Waals surface area contributed by atoms with Crippen LogP contribution in [0.25, 0.3) is 0 Å². The summed E-state index contributed by atoms with van der Waals surface area (Å²) in [6.45, 7) is 2.01. The van der Waals surface area contributed by atoms with Gasteiger partial charge in [0.1, 0.15) is 4.87 Å². The molecule has 0 bridgehead atoms. The summed E-state index contributed by atoms with van der Waals surface area (Å²) in [7, 11) is 1.37. The van der Waals surface area contributed by atoms with E-state index < -0.39 is 4.87 Å². The molecule has 0 aromatic heterocycles. The van der Waals surface area contributed by atoms with Crippen LogP contribution in [0.4, 0.5) is 5.69 Å². The Bertz CT molecular complexity index is 745. The first kappa shape index (κ1) is 16.6. The normalized spacial score (nSPS) is 20.2. The van der Waals surface area contributed by atoms with E-state index in [1.54, 1.807) is 4.90 Å². The first-order valence-corrected chi connectivity index (χ1v) is 8.71. The maximum absolute atomic E-state index is 12.7. The summed E-state index contributed by atoms with van der Waals surface area (Å²) >= 11 is 1.48. The maximum atomic E-state index is 12.7. The van der Waals surface area contributed by atoms with Gasteiger partial charge >= 0.3 is 5.97 Å². The third-order valence-corrected chi connectivity index (χ3v) is 5.61. The van der Waals surface area contributed by atoms with Crippen LogP contribution in [0.1, 0.15) is 17.5 Å². The largest absolute Gasteiger partial charge is 0.469 e. The summed E-state index contributed by atoms with van der Waals surface area (Å²) in [6, 6.07) is 17.5. The van der Waals surface area contributed by atoms with E-state index in [0.717, 1.165) is 16.8 Å². The van der Waals surface area contributed by atoms with Gasteiger partial charge in [0, 0.05) is 5.69 Å². The van der Waals surface area contributed by atoms with Crippen LogP contribution in [0.15, 0.2) is 54.6 Å². The van der Waals surface area contributed by atoms with Gasteiger partial charge in [-0.3, -0.25) is 14.5 Å². The Morgan fingerprint density at radius 2 is 1.83 bits per heavy atom. The van der Waals surface area contributed by atoms with E-state index in [1.165, 1.54) is 18.9 Å². The third kappa shape index (κ3) is 2.91. The van der Waals surface area contributed by atoms with Crippen LogP contribution >= 0.6 is 11.8 Å². The number of para-hydroxylation sites is 1. The van der Waals surface area contributed by atoms with E-state index in [2.05, 4.69) is 0 Å². The molecule has 0 radical (unpaired) electrons. The van der Waals surface area contributed by atoms with Crippen LogP contribution in [-0.4, -0.2) is 24.7 Å². The van der Waals surface area contributed by atoms with Crippen LogP contribution in [0.3, 0.4) is 0 Å². The quantitative estimate of drug-likeness (QED) is 0.799. The fourth-order valence-corrected chi connectivity index (χ4v) is 4.32. The van der Waals surface area contributed by atoms with E-state index in [1.807, 2.05) is 61.5 Å². The van der Waals surface area contributed by atoms with Crippen molar-refractivity contribution >= 4 is 29.3 Å². The zero-order valence-corrected chi connectivity index (χ0v) is 14.5. The molecule has 0 saturated carbocycles. The van der Waals surface area contributed by atoms with Crippen molar-refractivity contribution in [1.82, 2.24) is 0 Å². The molecule has 1 amide bonds. The van der Waals surface area contributed by atoms with Crippen molar-refractivity contribution in [2.24, 2.45) is 0 Å². The monoisotopic (exact) mass is 341 g/mol. The van der Waals surface area contributed by atoms with Gasteiger partial charge in [0.25, 0.3) is 0 Å². The average molecular weight is 341 g/mol. The van der Waals surface area contributed by atoms with E-state index in [-0.39, 0.29) is 18.3 Å². The number of carbonyl (C=O) groups is 2. The third-order valence-electron chi connectivity index (χ3n) is 4.17. The number of thioether (sulfide) groups is 1. The number of rotatable bonds is 4. The minimum absolute atomic E-state index is 0.00400. The van der Waals surface area contributed by atoms with E-state index >= 15 is 0 Å². The van der Waals surface area contributed by atoms with Gasteiger partial charge in [-0.2, -0.15) is 0 Å². The number of benzene rings is 2. The average Bonchev–Trinajstić information content (AvgIpc) is 2.93. The highest BCUT2D eigenvalue weighted by atomic mass is 32.2. The highest BCUT2D eigenvalue weighted by Crippen LogP contribution is 2.50. The number of hydrogen-bond donors (Lipinski definition) is 0. The summed E-state index contributed by atoms with van der Waals surface area (Å²) in [4.78, 5) is 25.7. The molecule has 24 heavy (non-hydrogen) atoms. The molecule has 1 heterocycles. The lowest BCUT2D eigenvalue weighted by molar-refractivity contribution is -0.141. The zero-order valence-electron chi connectivity index (χ0n) is 13.7. The second-order valence-electron chi connectivity index (χ2n) is 5.76. The van der Waals surface area contributed by atoms with Crippen molar-refractivity contribution in [3.8, 4) is 0 Å². The predicted octanol–water partition coefficient (Wildman–Crippen LogP) is 3.49. The molecule has 0 N–H and O–H groups in total. The molecule has 1 aliphatic rings. The molecule has 124 valence electrons. The number of methoxy groups -OCH3 is 1. The molecule has 2 aromatic rings. The molecule has 4 nitrogen and oxygen atoms in total. The Kier molecular flexibility index (Phi) is 4.62. The summed E-state index contributed by atoms with van der Waals surface area (Å²) in [5.74, 6) is -0.00543. The predicted molar refractivity (Wildman–Crippen MR) is 95.9 cm³/mol. The lowest BCUT2D eigenvalue weighted by atomic mass is 9.99. The lowest BCUT2D eigenvalue weighted by Gasteiger charge is -2.37. The van der Waals surface area contributed by atoms with Crippen LogP contribution in [0.5, 0.6) is 0 Å². The summed E-state index contributed by atoms with van der Waals surface area (Å²) < 4.78 is 4.91. The zero-order chi connectivity index (χ0) is 17.2. The highest BCUT2D eigenvalue weighted by Gasteiger charge is 2.50. The van der Waals surface area contributed by atoms with E-state index in [0.29, 0.717) is 5.75 Å². The van der Waals surface area contributed by atoms with Crippen molar-refractivity contribution in [2.45, 2.75) is 18.2 Å². The lowest BCUT2D eigenvalue weighted by Crippen LogP contribution is -2.44. The van der Waals surface area contributed by atoms with Gasteiger partial charge in [-0.25, -0.2) is 0 Å². The van der Waals surface area contributed by atoms with Crippen LogP contribution < -0.4 is 4.90 Å². The fourth-order valence-electron chi connectivity index (χ4n) is 2.97. The SMILES string of the molecule is COC(=O)C[C@]1(c2ccc(C)cc2)SCC(=O)N1c1ccccc1. The molecule has 5 heteroatoms. The van der Waals surface area contributed by atoms with Gasteiger partial charge in [0.05, 0.1) is 19.3 Å². The van der Waals surface area contributed by atoms with Gasteiger partial charge in [-0.1, -0.05) is 48.0 Å². The molecule has 1 saturated heterocycles. The van der Waals surface area contributed by atoms with Crippen molar-refractivity contribution in [3.63, 3.8) is 0 Å². The minimum Gasteiger partial charge on any atom is -0.469 e. The number of nitrogens with zero attached hydrogens (tertiary/aromatic N) is 1. The van der Waals surface area contributed by atoms with E-state index in [9.17, 15) is 9.59 Å². The number of carbonyl (C=O) groups excluding carboxylic acids is 2. The van der Waals surface area contributed by atoms with Crippen molar-refractivity contribution in [1.29, 1.82) is 0 Å². The molecule has 0 spiro atoms. The number of esters is 1. The van der Waals surface area contributed by atoms with Crippen LogP contribution in [0, 0.1) is 6.92 Å². The number of anilines is 1. The van der Waals surface area contributed by atoms with Gasteiger partial charge in [-0.05, 0) is 24.6 Å². The molecule has 1 aliphatic heterocycles. The molecule has 3 rings (SSSR count). The molecular formula is C19H19NO3S. The molecule has 2 aromatic carbocycles. The van der Waals surface area contributed by atoms with Gasteiger partial charge < -0.3 is 4.74 Å². The summed E-state index contributed by atoms with van der Waals surface area (Å²) in [5, 5.41) is 0. The molecular weight excluding hydrogens is 322 g/mol. The summed E-state index contributed by atoms with van der Waals surface area (Å²) in [5.41, 5.74) is 2.85. The van der Waals surface area contributed by atoms with Crippen LogP contribution in [-0.2, 0) is 19.2 Å². The minimum atomic E-state index is -0.779. The van der Waals surface area contributed by atoms with Crippen LogP contribution in [0.2, 0.25) is 0 Å². The smallest absolute Gasteiger partial charge is 0.309 e. The highest BCUT2D eigenvalue weighted by molar-refractivity contribution is 8.01. The van der Waals surface area contributed by atoms with Crippen molar-refractivity contribution < 1.29 is 14.3 Å². The fraction of sp³-hybridized carbons (Fsp3) is 0.263. The first-order valence-electron chi connectivity index (χ1n) is 7.73. The Hall–Kier alpha value is -2.27. The Morgan fingerprint density at radius 1 is 1.17 bits per heavy atom. The van der Waals surface area contributed by atoms with Gasteiger partial charge in [0.15, 0.2) is 0 Å². The Morgan fingerprint density at radius 3 is 2.46 bits per heavy atom. The number of aryl methyl sites for hydroxylation is 1. The van der Waals surface area contributed by atoms with Gasteiger partial charge in [-0.15, -0.1) is 11.8 Å². The Labute approximate surface area is 145 Å². The number of amides is 1. The van der Waals surface area contributed by atoms with Gasteiger partial charge in [0.2, 0.25) is 5.91 Å². The maximum Gasteiger partial charge on any atom is 0.309 e. The number of ether oxygens (including phenoxy) is 1. The van der Waals surface area contributed by atoms with Crippen molar-refractivity contribution in [3.05, 3.63) is 65.7 Å². The topological polar surface area (TPSA) is 46.6 Å². The van der Waals surface area contributed by atoms with E-state index in [4.69, 9.17) is 4.74 Å². The number of hydrogen-bond acceptors (Lipinski definition) is 4. The summed E-state index contributed by atoms with van der Waals surface area (Å²) in [6.07, 6.45) is 0.109. The molecule has 1 atom stereocenters. The Balaban J connectivity index is 2.14. The molecule has 0 unspecified atom stereocenters. The molecule has 0 aliphatic carbocycles. The first-order chi connectivity index (χ1) is 11.6. The second kappa shape index (κ2) is 6.69. The molecule has 1 fully saturated rings. The standard InChI is InChI=1S/C19H19NO3S/c1-14-8-10-15(11-9-14)19(12-18(22)23-2)20(17(21)13-24-19)16-6-4-3-5-7-16/h3-11H,12-13H2,1-2H3/t19-/m1/s1. The van der Waals surface area contributed by atoms with Crippen molar-refractivity contribution in [2.75, 3.05) is 17.8 Å².